The van der Waals surface area contributed by atoms with Gasteiger partial charge in [-0.1, -0.05) is 25.4 Å². The lowest BCUT2D eigenvalue weighted by Crippen LogP contribution is -2.39. The zero-order valence-corrected chi connectivity index (χ0v) is 19.3. The number of halogens is 2. The first-order valence-corrected chi connectivity index (χ1v) is 10.7. The maximum absolute atomic E-state index is 14.0. The molecule has 8 heteroatoms. The van der Waals surface area contributed by atoms with E-state index in [4.69, 9.17) is 16.3 Å². The minimum Gasteiger partial charge on any atom is -0.479 e. The largest absolute Gasteiger partial charge is 0.479 e. The van der Waals surface area contributed by atoms with E-state index in [1.54, 1.807) is 27.0 Å². The first-order chi connectivity index (χ1) is 14.4. The van der Waals surface area contributed by atoms with Crippen LogP contribution >= 0.6 is 11.6 Å². The molecular formula is C23H29ClFN3O3. The van der Waals surface area contributed by atoms with E-state index in [2.05, 4.69) is 28.7 Å². The quantitative estimate of drug-likeness (QED) is 0.607. The molecule has 168 valence electrons. The molecule has 2 aromatic rings. The molecule has 1 saturated heterocycles. The van der Waals surface area contributed by atoms with E-state index >= 15 is 0 Å². The molecule has 1 aliphatic heterocycles. The number of hydrogen-bond acceptors (Lipinski definition) is 5. The van der Waals surface area contributed by atoms with Crippen LogP contribution in [0.2, 0.25) is 5.15 Å². The molecule has 1 aliphatic rings. The highest BCUT2D eigenvalue weighted by molar-refractivity contribution is 6.31. The van der Waals surface area contributed by atoms with Crippen LogP contribution in [0, 0.1) is 11.2 Å². The second kappa shape index (κ2) is 8.71. The third-order valence-corrected chi connectivity index (χ3v) is 5.75. The maximum Gasteiger partial charge on any atom is 0.337 e. The Bertz CT molecular complexity index is 965. The summed E-state index contributed by atoms with van der Waals surface area (Å²) in [7, 11) is 0. The fourth-order valence-electron chi connectivity index (χ4n) is 3.76. The van der Waals surface area contributed by atoms with Crippen molar-refractivity contribution < 1.29 is 19.0 Å². The number of hydrogen-bond donors (Lipinski definition) is 1. The van der Waals surface area contributed by atoms with Gasteiger partial charge in [0.05, 0.1) is 23.0 Å². The first-order valence-electron chi connectivity index (χ1n) is 10.3. The number of aliphatic carboxylic acids is 1. The lowest BCUT2D eigenvalue weighted by Gasteiger charge is -2.40. The number of pyridine rings is 2. The van der Waals surface area contributed by atoms with Crippen LogP contribution in [0.1, 0.15) is 59.1 Å². The zero-order chi connectivity index (χ0) is 23.0. The molecule has 3 rings (SSSR count). The summed E-state index contributed by atoms with van der Waals surface area (Å²) in [6.45, 7) is 11.2. The van der Waals surface area contributed by atoms with Crippen molar-refractivity contribution in [2.45, 2.75) is 59.2 Å². The molecule has 1 unspecified atom stereocenters. The Balaban J connectivity index is 2.23. The van der Waals surface area contributed by atoms with Crippen LogP contribution in [0.4, 0.5) is 10.1 Å². The minimum absolute atomic E-state index is 0.0598. The molecule has 0 radical (unpaired) electrons. The highest BCUT2D eigenvalue weighted by Gasteiger charge is 2.36. The van der Waals surface area contributed by atoms with E-state index in [0.29, 0.717) is 29.9 Å². The molecule has 1 atom stereocenters. The topological polar surface area (TPSA) is 75.5 Å². The summed E-state index contributed by atoms with van der Waals surface area (Å²) in [4.78, 5) is 22.6. The summed E-state index contributed by atoms with van der Waals surface area (Å²) in [6.07, 6.45) is 4.73. The van der Waals surface area contributed by atoms with Crippen molar-refractivity contribution in [3.8, 4) is 11.1 Å². The molecule has 0 saturated carbocycles. The van der Waals surface area contributed by atoms with E-state index in [9.17, 15) is 14.3 Å². The molecular weight excluding hydrogens is 421 g/mol. The van der Waals surface area contributed by atoms with Gasteiger partial charge < -0.3 is 14.7 Å². The number of nitrogens with zero attached hydrogens (tertiary/aromatic N) is 3. The number of aromatic nitrogens is 2. The number of carboxylic acid groups (broad SMARTS) is 1. The van der Waals surface area contributed by atoms with Gasteiger partial charge in [-0.05, 0) is 45.1 Å². The van der Waals surface area contributed by atoms with Gasteiger partial charge in [-0.25, -0.2) is 14.2 Å². The van der Waals surface area contributed by atoms with Crippen molar-refractivity contribution in [2.24, 2.45) is 5.41 Å². The highest BCUT2D eigenvalue weighted by Crippen LogP contribution is 2.44. The maximum atomic E-state index is 14.0. The Morgan fingerprint density at radius 2 is 1.90 bits per heavy atom. The third-order valence-electron chi connectivity index (χ3n) is 5.45. The molecule has 0 amide bonds. The molecule has 0 aliphatic carbocycles. The van der Waals surface area contributed by atoms with Gasteiger partial charge in [-0.2, -0.15) is 0 Å². The minimum atomic E-state index is -1.33. The van der Waals surface area contributed by atoms with Crippen LogP contribution in [0.3, 0.4) is 0 Å². The number of ether oxygens (including phenoxy) is 1. The smallest absolute Gasteiger partial charge is 0.337 e. The van der Waals surface area contributed by atoms with Crippen molar-refractivity contribution in [1.82, 2.24) is 9.97 Å². The molecule has 2 aromatic heterocycles. The summed E-state index contributed by atoms with van der Waals surface area (Å²) >= 11 is 6.49. The lowest BCUT2D eigenvalue weighted by molar-refractivity contribution is -0.160. The number of rotatable bonds is 5. The average Bonchev–Trinajstić information content (AvgIpc) is 2.65. The fraction of sp³-hybridized carbons (Fsp3) is 0.522. The van der Waals surface area contributed by atoms with Crippen LogP contribution in [-0.4, -0.2) is 39.7 Å². The summed E-state index contributed by atoms with van der Waals surface area (Å²) < 4.78 is 19.9. The van der Waals surface area contributed by atoms with Crippen LogP contribution in [0.25, 0.3) is 11.1 Å². The van der Waals surface area contributed by atoms with Crippen LogP contribution in [0.5, 0.6) is 0 Å². The molecule has 0 bridgehead atoms. The predicted molar refractivity (Wildman–Crippen MR) is 119 cm³/mol. The van der Waals surface area contributed by atoms with Gasteiger partial charge in [0.2, 0.25) is 0 Å². The standard InChI is InChI=1S/C23H29ClFN3O3/c1-22(2,3)31-19(21(29)30)17-18(28-8-6-23(4,5)7-9-28)16(13-27-20(17)24)14-10-15(25)12-26-11-14/h10-13,19H,6-9H2,1-5H3,(H,29,30). The molecule has 0 aromatic carbocycles. The van der Waals surface area contributed by atoms with E-state index in [1.165, 1.54) is 12.3 Å². The molecule has 1 N–H and O–H groups in total. The van der Waals surface area contributed by atoms with E-state index in [0.717, 1.165) is 19.0 Å². The van der Waals surface area contributed by atoms with Crippen LogP contribution in [0.15, 0.2) is 24.7 Å². The lowest BCUT2D eigenvalue weighted by atomic mass is 9.82. The number of piperidine rings is 1. The van der Waals surface area contributed by atoms with Crippen molar-refractivity contribution in [2.75, 3.05) is 18.0 Å². The third kappa shape index (κ3) is 5.52. The summed E-state index contributed by atoms with van der Waals surface area (Å²) in [5, 5.41) is 10.1. The van der Waals surface area contributed by atoms with Crippen molar-refractivity contribution >= 4 is 23.3 Å². The average molecular weight is 450 g/mol. The Labute approximate surface area is 187 Å². The van der Waals surface area contributed by atoms with Gasteiger partial charge in [0.15, 0.2) is 6.10 Å². The van der Waals surface area contributed by atoms with Gasteiger partial charge in [-0.3, -0.25) is 4.98 Å². The normalized spacial score (nSPS) is 17.5. The first kappa shape index (κ1) is 23.4. The van der Waals surface area contributed by atoms with Gasteiger partial charge in [0.1, 0.15) is 11.0 Å². The number of carbonyl (C=O) groups is 1. The van der Waals surface area contributed by atoms with E-state index in [-0.39, 0.29) is 16.1 Å². The number of anilines is 1. The van der Waals surface area contributed by atoms with Gasteiger partial charge in [-0.15, -0.1) is 0 Å². The number of carboxylic acids is 1. The van der Waals surface area contributed by atoms with Crippen LogP contribution in [-0.2, 0) is 9.53 Å². The second-order valence-electron chi connectivity index (χ2n) is 9.72. The van der Waals surface area contributed by atoms with Crippen molar-refractivity contribution in [3.63, 3.8) is 0 Å². The molecule has 3 heterocycles. The van der Waals surface area contributed by atoms with E-state index in [1.807, 2.05) is 0 Å². The molecule has 6 nitrogen and oxygen atoms in total. The molecule has 0 spiro atoms. The highest BCUT2D eigenvalue weighted by atomic mass is 35.5. The van der Waals surface area contributed by atoms with Crippen molar-refractivity contribution in [1.29, 1.82) is 0 Å². The Kier molecular flexibility index (Phi) is 6.58. The molecule has 1 fully saturated rings. The monoisotopic (exact) mass is 449 g/mol. The Hall–Kier alpha value is -2.25. The predicted octanol–water partition coefficient (Wildman–Crippen LogP) is 5.50. The SMILES string of the molecule is CC1(C)CCN(c2c(-c3cncc(F)c3)cnc(Cl)c2C(OC(C)(C)C)C(=O)O)CC1. The van der Waals surface area contributed by atoms with Gasteiger partial charge in [0.25, 0.3) is 0 Å². The second-order valence-corrected chi connectivity index (χ2v) is 10.1. The zero-order valence-electron chi connectivity index (χ0n) is 18.6. The molecule has 31 heavy (non-hydrogen) atoms. The fourth-order valence-corrected chi connectivity index (χ4v) is 4.00. The summed E-state index contributed by atoms with van der Waals surface area (Å²) in [5.41, 5.74) is 1.43. The van der Waals surface area contributed by atoms with Gasteiger partial charge >= 0.3 is 5.97 Å². The van der Waals surface area contributed by atoms with Crippen LogP contribution < -0.4 is 4.90 Å². The summed E-state index contributed by atoms with van der Waals surface area (Å²) in [5.74, 6) is -1.65. The van der Waals surface area contributed by atoms with E-state index < -0.39 is 23.5 Å². The van der Waals surface area contributed by atoms with Crippen molar-refractivity contribution in [3.05, 3.63) is 41.2 Å². The summed E-state index contributed by atoms with van der Waals surface area (Å²) in [6, 6.07) is 1.36. The Morgan fingerprint density at radius 3 is 2.45 bits per heavy atom. The van der Waals surface area contributed by atoms with Gasteiger partial charge in [0, 0.05) is 36.6 Å². The Morgan fingerprint density at radius 1 is 1.26 bits per heavy atom.